The van der Waals surface area contributed by atoms with Crippen LogP contribution in [-0.2, 0) is 9.59 Å². The highest BCUT2D eigenvalue weighted by Gasteiger charge is 2.41. The van der Waals surface area contributed by atoms with Crippen LogP contribution < -0.4 is 5.32 Å². The molecule has 96 valence electrons. The van der Waals surface area contributed by atoms with Crippen LogP contribution in [0.4, 0.5) is 0 Å². The first-order valence-electron chi connectivity index (χ1n) is 5.46. The van der Waals surface area contributed by atoms with E-state index in [4.69, 9.17) is 21.8 Å². The maximum Gasteiger partial charge on any atom is 0.320 e. The molecule has 0 unspecified atom stereocenters. The molecule has 1 saturated heterocycles. The summed E-state index contributed by atoms with van der Waals surface area (Å²) in [6.45, 7) is 0. The lowest BCUT2D eigenvalue weighted by molar-refractivity contribution is -0.142. The number of nitrogens with one attached hydrogen (secondary N) is 1. The minimum Gasteiger partial charge on any atom is -0.481 e. The van der Waals surface area contributed by atoms with Gasteiger partial charge in [-0.15, -0.1) is 0 Å². The molecule has 18 heavy (non-hydrogen) atoms. The van der Waals surface area contributed by atoms with Gasteiger partial charge in [0, 0.05) is 11.1 Å². The Bertz CT molecular complexity index is 473. The van der Waals surface area contributed by atoms with Crippen LogP contribution in [-0.4, -0.2) is 28.2 Å². The van der Waals surface area contributed by atoms with Gasteiger partial charge in [0.05, 0.1) is 5.92 Å². The van der Waals surface area contributed by atoms with Crippen molar-refractivity contribution in [1.82, 2.24) is 5.32 Å². The third-order valence-corrected chi connectivity index (χ3v) is 3.37. The van der Waals surface area contributed by atoms with Gasteiger partial charge in [-0.3, -0.25) is 14.9 Å². The second-order valence-corrected chi connectivity index (χ2v) is 4.70. The molecule has 1 aromatic rings. The van der Waals surface area contributed by atoms with Gasteiger partial charge in [-0.25, -0.2) is 0 Å². The molecule has 1 aliphatic heterocycles. The van der Waals surface area contributed by atoms with E-state index in [1.165, 1.54) is 0 Å². The average molecular weight is 270 g/mol. The number of benzene rings is 1. The molecule has 0 amide bonds. The quantitative estimate of drug-likeness (QED) is 0.775. The fraction of sp³-hybridized carbons (Fsp3) is 0.333. The molecule has 0 aliphatic carbocycles. The number of hydrogen-bond acceptors (Lipinski definition) is 3. The molecule has 0 bridgehead atoms. The second kappa shape index (κ2) is 4.96. The molecule has 1 heterocycles. The zero-order valence-corrected chi connectivity index (χ0v) is 10.1. The molecule has 0 saturated carbocycles. The fourth-order valence-electron chi connectivity index (χ4n) is 2.21. The van der Waals surface area contributed by atoms with Gasteiger partial charge in [0.1, 0.15) is 6.04 Å². The number of halogens is 1. The Morgan fingerprint density at radius 2 is 1.78 bits per heavy atom. The molecule has 1 aromatic carbocycles. The van der Waals surface area contributed by atoms with E-state index in [9.17, 15) is 9.59 Å². The van der Waals surface area contributed by atoms with Crippen molar-refractivity contribution in [2.75, 3.05) is 0 Å². The van der Waals surface area contributed by atoms with E-state index in [1.54, 1.807) is 24.3 Å². The Morgan fingerprint density at radius 3 is 2.28 bits per heavy atom. The highest BCUT2D eigenvalue weighted by Crippen LogP contribution is 2.33. The lowest BCUT2D eigenvalue weighted by Crippen LogP contribution is -2.32. The Kier molecular flexibility index (Phi) is 3.54. The van der Waals surface area contributed by atoms with Crippen LogP contribution in [0, 0.1) is 5.92 Å². The number of rotatable bonds is 3. The molecule has 6 heteroatoms. The van der Waals surface area contributed by atoms with Gasteiger partial charge >= 0.3 is 11.9 Å². The third kappa shape index (κ3) is 2.47. The minimum absolute atomic E-state index is 0.0813. The van der Waals surface area contributed by atoms with E-state index in [2.05, 4.69) is 5.32 Å². The Morgan fingerprint density at radius 1 is 1.17 bits per heavy atom. The van der Waals surface area contributed by atoms with Crippen molar-refractivity contribution in [3.05, 3.63) is 34.9 Å². The van der Waals surface area contributed by atoms with Crippen LogP contribution in [0.25, 0.3) is 0 Å². The van der Waals surface area contributed by atoms with Crippen molar-refractivity contribution >= 4 is 23.5 Å². The summed E-state index contributed by atoms with van der Waals surface area (Å²) in [6.07, 6.45) is 0.0813. The maximum atomic E-state index is 11.2. The van der Waals surface area contributed by atoms with Crippen LogP contribution in [0.15, 0.2) is 24.3 Å². The summed E-state index contributed by atoms with van der Waals surface area (Å²) in [5.41, 5.74) is 0.732. The van der Waals surface area contributed by atoms with Crippen LogP contribution in [0.3, 0.4) is 0 Å². The number of hydrogen-bond donors (Lipinski definition) is 3. The summed E-state index contributed by atoms with van der Waals surface area (Å²) in [7, 11) is 0. The Balaban J connectivity index is 2.27. The zero-order chi connectivity index (χ0) is 13.3. The summed E-state index contributed by atoms with van der Waals surface area (Å²) in [5, 5.41) is 21.5. The minimum atomic E-state index is -1.03. The van der Waals surface area contributed by atoms with Crippen LogP contribution in [0.5, 0.6) is 0 Å². The lowest BCUT2D eigenvalue weighted by atomic mass is 9.93. The lowest BCUT2D eigenvalue weighted by Gasteiger charge is -2.16. The third-order valence-electron chi connectivity index (χ3n) is 3.12. The van der Waals surface area contributed by atoms with E-state index in [0.717, 1.165) is 5.56 Å². The van der Waals surface area contributed by atoms with Crippen molar-refractivity contribution in [3.63, 3.8) is 0 Å². The van der Waals surface area contributed by atoms with E-state index in [-0.39, 0.29) is 6.42 Å². The largest absolute Gasteiger partial charge is 0.481 e. The summed E-state index contributed by atoms with van der Waals surface area (Å²) in [4.78, 5) is 22.1. The van der Waals surface area contributed by atoms with E-state index >= 15 is 0 Å². The topological polar surface area (TPSA) is 86.6 Å². The van der Waals surface area contributed by atoms with Gasteiger partial charge in [0.15, 0.2) is 0 Å². The fourth-order valence-corrected chi connectivity index (χ4v) is 2.33. The smallest absolute Gasteiger partial charge is 0.320 e. The van der Waals surface area contributed by atoms with Gasteiger partial charge in [-0.1, -0.05) is 23.7 Å². The van der Waals surface area contributed by atoms with Gasteiger partial charge in [0.2, 0.25) is 0 Å². The SMILES string of the molecule is O=C(O)[C@H]1C[C@@H](C(=O)O)[C@@H](c2ccc(Cl)cc2)N1. The summed E-state index contributed by atoms with van der Waals surface area (Å²) in [5.74, 6) is -2.77. The molecule has 0 radical (unpaired) electrons. The van der Waals surface area contributed by atoms with Crippen LogP contribution in [0.2, 0.25) is 5.02 Å². The highest BCUT2D eigenvalue weighted by molar-refractivity contribution is 6.30. The number of carbonyl (C=O) groups is 2. The van der Waals surface area contributed by atoms with Crippen molar-refractivity contribution in [3.8, 4) is 0 Å². The molecule has 2 rings (SSSR count). The van der Waals surface area contributed by atoms with Crippen molar-refractivity contribution in [2.24, 2.45) is 5.92 Å². The molecule has 1 aliphatic rings. The average Bonchev–Trinajstić information content (AvgIpc) is 2.75. The summed E-state index contributed by atoms with van der Waals surface area (Å²) >= 11 is 5.77. The first-order valence-corrected chi connectivity index (χ1v) is 5.84. The predicted molar refractivity (Wildman–Crippen MR) is 64.5 cm³/mol. The second-order valence-electron chi connectivity index (χ2n) is 4.27. The zero-order valence-electron chi connectivity index (χ0n) is 9.34. The number of aliphatic carboxylic acids is 2. The first-order chi connectivity index (χ1) is 8.49. The molecular weight excluding hydrogens is 258 g/mol. The van der Waals surface area contributed by atoms with Crippen molar-refractivity contribution in [1.29, 1.82) is 0 Å². The summed E-state index contributed by atoms with van der Waals surface area (Å²) in [6, 6.07) is 5.41. The van der Waals surface area contributed by atoms with E-state index < -0.39 is 29.9 Å². The number of carboxylic acid groups (broad SMARTS) is 2. The Labute approximate surface area is 108 Å². The number of carboxylic acids is 2. The Hall–Kier alpha value is -1.59. The van der Waals surface area contributed by atoms with E-state index in [1.807, 2.05) is 0 Å². The highest BCUT2D eigenvalue weighted by atomic mass is 35.5. The van der Waals surface area contributed by atoms with Gasteiger partial charge < -0.3 is 10.2 Å². The molecule has 3 N–H and O–H groups in total. The van der Waals surface area contributed by atoms with Gasteiger partial charge in [-0.2, -0.15) is 0 Å². The monoisotopic (exact) mass is 269 g/mol. The standard InChI is InChI=1S/C12H12ClNO4/c13-7-3-1-6(2-4-7)10-8(11(15)16)5-9(14-10)12(17)18/h1-4,8-10,14H,5H2,(H,15,16)(H,17,18)/t8-,9-,10-/m1/s1. The van der Waals surface area contributed by atoms with Gasteiger partial charge in [-0.05, 0) is 24.1 Å². The van der Waals surface area contributed by atoms with Crippen molar-refractivity contribution in [2.45, 2.75) is 18.5 Å². The molecule has 0 aromatic heterocycles. The molecule has 0 spiro atoms. The molecular formula is C12H12ClNO4. The molecule has 1 fully saturated rings. The molecule has 3 atom stereocenters. The van der Waals surface area contributed by atoms with Crippen molar-refractivity contribution < 1.29 is 19.8 Å². The maximum absolute atomic E-state index is 11.2. The van der Waals surface area contributed by atoms with Crippen LogP contribution in [0.1, 0.15) is 18.0 Å². The molecule has 5 nitrogen and oxygen atoms in total. The first kappa shape index (κ1) is 12.9. The van der Waals surface area contributed by atoms with Gasteiger partial charge in [0.25, 0.3) is 0 Å². The van der Waals surface area contributed by atoms with E-state index in [0.29, 0.717) is 5.02 Å². The normalized spacial score (nSPS) is 27.1. The van der Waals surface area contributed by atoms with Crippen LogP contribution >= 0.6 is 11.6 Å². The summed E-state index contributed by atoms with van der Waals surface area (Å²) < 4.78 is 0. The predicted octanol–water partition coefficient (Wildman–Crippen LogP) is 1.53.